The van der Waals surface area contributed by atoms with E-state index < -0.39 is 0 Å². The molecule has 4 aliphatic rings. The summed E-state index contributed by atoms with van der Waals surface area (Å²) in [5.41, 5.74) is 1.08. The fraction of sp³-hybridized carbons (Fsp3) is 0.619. The lowest BCUT2D eigenvalue weighted by Crippen LogP contribution is -2.61. The van der Waals surface area contributed by atoms with Crippen LogP contribution >= 0.6 is 23.1 Å². The molecule has 4 aliphatic carbocycles. The van der Waals surface area contributed by atoms with Gasteiger partial charge in [0.25, 0.3) is 0 Å². The Morgan fingerprint density at radius 1 is 1.30 bits per heavy atom. The predicted octanol–water partition coefficient (Wildman–Crippen LogP) is 5.13. The van der Waals surface area contributed by atoms with Crippen molar-refractivity contribution in [1.82, 2.24) is 9.88 Å². The maximum absolute atomic E-state index is 13.4. The van der Waals surface area contributed by atoms with Crippen LogP contribution in [-0.2, 0) is 11.3 Å². The predicted molar refractivity (Wildman–Crippen MR) is 108 cm³/mol. The van der Waals surface area contributed by atoms with E-state index in [0.29, 0.717) is 12.3 Å². The van der Waals surface area contributed by atoms with Gasteiger partial charge >= 0.3 is 0 Å². The lowest BCUT2D eigenvalue weighted by atomic mass is 9.52. The summed E-state index contributed by atoms with van der Waals surface area (Å²) in [7, 11) is 0. The highest BCUT2D eigenvalue weighted by Crippen LogP contribution is 2.58. The van der Waals surface area contributed by atoms with Crippen molar-refractivity contribution in [3.8, 4) is 0 Å². The van der Waals surface area contributed by atoms with E-state index in [9.17, 15) is 4.79 Å². The molecule has 1 amide bonds. The molecule has 0 aromatic carbocycles. The first-order valence-corrected chi connectivity index (χ1v) is 11.8. The number of carbonyl (C=O) groups is 1. The van der Waals surface area contributed by atoms with E-state index in [2.05, 4.69) is 9.88 Å². The summed E-state index contributed by atoms with van der Waals surface area (Å²) in [6.45, 7) is 2.61. The minimum Gasteiger partial charge on any atom is -0.467 e. The van der Waals surface area contributed by atoms with Gasteiger partial charge in [0.1, 0.15) is 5.76 Å². The van der Waals surface area contributed by atoms with E-state index in [0.717, 1.165) is 33.5 Å². The second-order valence-electron chi connectivity index (χ2n) is 8.74. The maximum Gasteiger partial charge on any atom is 0.233 e. The molecule has 2 aromatic rings. The van der Waals surface area contributed by atoms with Crippen molar-refractivity contribution in [2.45, 2.75) is 61.9 Å². The van der Waals surface area contributed by atoms with Crippen molar-refractivity contribution in [3.05, 3.63) is 35.2 Å². The summed E-state index contributed by atoms with van der Waals surface area (Å²) in [4.78, 5) is 20.1. The molecular weight excluding hydrogens is 376 g/mol. The lowest BCUT2D eigenvalue weighted by molar-refractivity contribution is -0.150. The number of aromatic nitrogens is 1. The number of thioether (sulfide) groups is 1. The van der Waals surface area contributed by atoms with Crippen LogP contribution in [0.3, 0.4) is 0 Å². The Labute approximate surface area is 168 Å². The van der Waals surface area contributed by atoms with E-state index in [1.807, 2.05) is 24.4 Å². The second kappa shape index (κ2) is 6.96. The Morgan fingerprint density at radius 2 is 2.00 bits per heavy atom. The van der Waals surface area contributed by atoms with Gasteiger partial charge in [-0.25, -0.2) is 4.98 Å². The number of aryl methyl sites for hydroxylation is 1. The molecule has 0 unspecified atom stereocenters. The number of rotatable bonds is 6. The van der Waals surface area contributed by atoms with Crippen LogP contribution in [0.4, 0.5) is 0 Å². The molecule has 2 aromatic heterocycles. The normalized spacial score (nSPS) is 31.4. The van der Waals surface area contributed by atoms with Crippen LogP contribution in [0, 0.1) is 24.7 Å². The Kier molecular flexibility index (Phi) is 4.59. The van der Waals surface area contributed by atoms with Crippen LogP contribution < -0.4 is 0 Å². The summed E-state index contributed by atoms with van der Waals surface area (Å²) in [5, 5.41) is 2.05. The molecule has 0 aliphatic heterocycles. The van der Waals surface area contributed by atoms with Crippen LogP contribution in [0.2, 0.25) is 0 Å². The summed E-state index contributed by atoms with van der Waals surface area (Å²) >= 11 is 3.21. The molecule has 4 nitrogen and oxygen atoms in total. The standard InChI is InChI=1S/C21H26N2O2S2/c1-14-12-26-20(22-14)27-13-19(24)23(11-18-3-2-4-25-18)21-8-15-5-16(9-21)7-17(6-15)10-21/h2-4,12,15-17H,5-11,13H2,1H3. The maximum atomic E-state index is 13.4. The van der Waals surface area contributed by atoms with Crippen LogP contribution in [0.25, 0.3) is 0 Å². The van der Waals surface area contributed by atoms with E-state index >= 15 is 0 Å². The third kappa shape index (κ3) is 3.46. The van der Waals surface area contributed by atoms with Crippen molar-refractivity contribution in [2.75, 3.05) is 5.75 Å². The van der Waals surface area contributed by atoms with Gasteiger partial charge in [0.05, 0.1) is 18.6 Å². The SMILES string of the molecule is Cc1csc(SCC(=O)N(Cc2ccco2)C23CC4CC(CC(C4)C2)C3)n1. The molecule has 144 valence electrons. The average Bonchev–Trinajstić information content (AvgIpc) is 3.28. The number of carbonyl (C=O) groups excluding carboxylic acids is 1. The van der Waals surface area contributed by atoms with Gasteiger partial charge < -0.3 is 9.32 Å². The molecule has 4 bridgehead atoms. The van der Waals surface area contributed by atoms with Crippen molar-refractivity contribution < 1.29 is 9.21 Å². The Morgan fingerprint density at radius 3 is 2.56 bits per heavy atom. The first kappa shape index (κ1) is 17.8. The van der Waals surface area contributed by atoms with Crippen molar-refractivity contribution in [2.24, 2.45) is 17.8 Å². The molecule has 0 radical (unpaired) electrons. The van der Waals surface area contributed by atoms with Gasteiger partial charge in [-0.3, -0.25) is 4.79 Å². The quantitative estimate of drug-likeness (QED) is 0.628. The third-order valence-electron chi connectivity index (χ3n) is 6.69. The topological polar surface area (TPSA) is 46.3 Å². The largest absolute Gasteiger partial charge is 0.467 e. The monoisotopic (exact) mass is 402 g/mol. The van der Waals surface area contributed by atoms with Crippen molar-refractivity contribution in [3.63, 3.8) is 0 Å². The summed E-state index contributed by atoms with van der Waals surface area (Å²) < 4.78 is 6.62. The number of hydrogen-bond donors (Lipinski definition) is 0. The Bertz CT molecular complexity index is 779. The first-order chi connectivity index (χ1) is 13.1. The first-order valence-electron chi connectivity index (χ1n) is 9.97. The molecule has 0 N–H and O–H groups in total. The zero-order valence-electron chi connectivity index (χ0n) is 15.7. The van der Waals surface area contributed by atoms with Gasteiger partial charge in [-0.15, -0.1) is 11.3 Å². The number of amides is 1. The fourth-order valence-electron chi connectivity index (χ4n) is 6.07. The molecule has 4 saturated carbocycles. The van der Waals surface area contributed by atoms with Crippen molar-refractivity contribution in [1.29, 1.82) is 0 Å². The van der Waals surface area contributed by atoms with Crippen molar-refractivity contribution >= 4 is 29.0 Å². The zero-order valence-corrected chi connectivity index (χ0v) is 17.4. The molecule has 4 fully saturated rings. The molecule has 6 heteroatoms. The molecule has 2 heterocycles. The number of furan rings is 1. The molecule has 0 spiro atoms. The number of thiazole rings is 1. The van der Waals surface area contributed by atoms with Gasteiger partial charge in [0.2, 0.25) is 5.91 Å². The van der Waals surface area contributed by atoms with Gasteiger partial charge in [0.15, 0.2) is 4.34 Å². The highest BCUT2D eigenvalue weighted by molar-refractivity contribution is 8.01. The molecule has 0 saturated heterocycles. The number of hydrogen-bond acceptors (Lipinski definition) is 5. The van der Waals surface area contributed by atoms with Crippen LogP contribution in [0.15, 0.2) is 32.5 Å². The van der Waals surface area contributed by atoms with Gasteiger partial charge in [-0.2, -0.15) is 0 Å². The highest BCUT2D eigenvalue weighted by atomic mass is 32.2. The van der Waals surface area contributed by atoms with Crippen LogP contribution in [0.1, 0.15) is 50.0 Å². The minimum absolute atomic E-state index is 0.0535. The van der Waals surface area contributed by atoms with Gasteiger partial charge in [0, 0.05) is 16.6 Å². The zero-order chi connectivity index (χ0) is 18.4. The summed E-state index contributed by atoms with van der Waals surface area (Å²) in [5.74, 6) is 4.06. The number of nitrogens with zero attached hydrogens (tertiary/aromatic N) is 2. The van der Waals surface area contributed by atoms with Gasteiger partial charge in [-0.05, 0) is 75.3 Å². The Balaban J connectivity index is 1.38. The third-order valence-corrected chi connectivity index (χ3v) is 8.81. The summed E-state index contributed by atoms with van der Waals surface area (Å²) in [6, 6.07) is 3.92. The van der Waals surface area contributed by atoms with Crippen LogP contribution in [0.5, 0.6) is 0 Å². The van der Waals surface area contributed by atoms with Gasteiger partial charge in [-0.1, -0.05) is 11.8 Å². The smallest absolute Gasteiger partial charge is 0.233 e. The van der Waals surface area contributed by atoms with Crippen LogP contribution in [-0.4, -0.2) is 27.1 Å². The highest BCUT2D eigenvalue weighted by Gasteiger charge is 2.54. The second-order valence-corrected chi connectivity index (χ2v) is 10.8. The van der Waals surface area contributed by atoms with E-state index in [4.69, 9.17) is 4.42 Å². The average molecular weight is 403 g/mol. The summed E-state index contributed by atoms with van der Waals surface area (Å²) in [6.07, 6.45) is 9.43. The lowest BCUT2D eigenvalue weighted by Gasteiger charge is -2.60. The molecule has 0 atom stereocenters. The Hall–Kier alpha value is -1.27. The molecular formula is C21H26N2O2S2. The molecule has 27 heavy (non-hydrogen) atoms. The fourth-order valence-corrected chi connectivity index (χ4v) is 7.80. The molecule has 6 rings (SSSR count). The minimum atomic E-state index is 0.0535. The van der Waals surface area contributed by atoms with E-state index in [-0.39, 0.29) is 11.4 Å². The van der Waals surface area contributed by atoms with E-state index in [1.54, 1.807) is 29.4 Å². The van der Waals surface area contributed by atoms with E-state index in [1.165, 1.54) is 38.5 Å².